The first-order valence-corrected chi connectivity index (χ1v) is 6.91. The molecule has 20 heavy (non-hydrogen) atoms. The lowest BCUT2D eigenvalue weighted by Crippen LogP contribution is -2.34. The average Bonchev–Trinajstić information content (AvgIpc) is 2.93. The number of rotatable bonds is 5. The van der Waals surface area contributed by atoms with Gasteiger partial charge in [-0.15, -0.1) is 12.4 Å². The Morgan fingerprint density at radius 3 is 2.80 bits per heavy atom. The number of amides is 1. The lowest BCUT2D eigenvalue weighted by molar-refractivity contribution is -0.126. The predicted octanol–water partition coefficient (Wildman–Crippen LogP) is 1.59. The van der Waals surface area contributed by atoms with Crippen LogP contribution in [-0.4, -0.2) is 17.6 Å². The Balaban J connectivity index is 0.00000200. The fourth-order valence-electron chi connectivity index (χ4n) is 2.82. The second-order valence-corrected chi connectivity index (χ2v) is 5.23. The van der Waals surface area contributed by atoms with E-state index in [0.29, 0.717) is 19.0 Å². The molecule has 0 radical (unpaired) electrons. The quantitative estimate of drug-likeness (QED) is 0.773. The molecule has 1 aromatic carbocycles. The number of hydrogen-bond donors (Lipinski definition) is 3. The lowest BCUT2D eigenvalue weighted by Gasteiger charge is -2.17. The third-order valence-corrected chi connectivity index (χ3v) is 3.94. The molecule has 1 aliphatic carbocycles. The number of nitrogens with two attached hydrogens (primary N) is 1. The van der Waals surface area contributed by atoms with Crippen molar-refractivity contribution >= 4 is 18.3 Å². The zero-order valence-corrected chi connectivity index (χ0v) is 12.4. The van der Waals surface area contributed by atoms with Crippen molar-refractivity contribution in [2.45, 2.75) is 32.4 Å². The molecule has 0 unspecified atom stereocenters. The first-order valence-electron chi connectivity index (χ1n) is 6.91. The van der Waals surface area contributed by atoms with Gasteiger partial charge in [-0.25, -0.2) is 0 Å². The smallest absolute Gasteiger partial charge is 0.223 e. The van der Waals surface area contributed by atoms with Gasteiger partial charge in [0.05, 0.1) is 6.61 Å². The van der Waals surface area contributed by atoms with E-state index in [-0.39, 0.29) is 30.8 Å². The van der Waals surface area contributed by atoms with E-state index in [2.05, 4.69) is 5.32 Å². The molecule has 2 rings (SSSR count). The summed E-state index contributed by atoms with van der Waals surface area (Å²) in [7, 11) is 0. The van der Waals surface area contributed by atoms with Gasteiger partial charge in [0.15, 0.2) is 0 Å². The molecule has 0 saturated heterocycles. The van der Waals surface area contributed by atoms with Crippen LogP contribution in [-0.2, 0) is 17.9 Å². The van der Waals surface area contributed by atoms with E-state index in [9.17, 15) is 4.79 Å². The van der Waals surface area contributed by atoms with Crippen LogP contribution in [0.5, 0.6) is 0 Å². The molecular weight excluding hydrogens is 276 g/mol. The molecule has 4 nitrogen and oxygen atoms in total. The normalized spacial score (nSPS) is 21.3. The van der Waals surface area contributed by atoms with Crippen molar-refractivity contribution < 1.29 is 9.90 Å². The molecule has 112 valence electrons. The Labute approximate surface area is 126 Å². The number of halogens is 1. The van der Waals surface area contributed by atoms with E-state index >= 15 is 0 Å². The number of hydrogen-bond acceptors (Lipinski definition) is 3. The highest BCUT2D eigenvalue weighted by atomic mass is 35.5. The summed E-state index contributed by atoms with van der Waals surface area (Å²) >= 11 is 0. The summed E-state index contributed by atoms with van der Waals surface area (Å²) in [5.41, 5.74) is 7.58. The molecule has 0 heterocycles. The molecule has 1 amide bonds. The van der Waals surface area contributed by atoms with Gasteiger partial charge in [-0.1, -0.05) is 30.7 Å². The maximum absolute atomic E-state index is 12.1. The molecule has 2 atom stereocenters. The Morgan fingerprint density at radius 1 is 1.35 bits per heavy atom. The Kier molecular flexibility index (Phi) is 6.99. The van der Waals surface area contributed by atoms with Crippen LogP contribution in [0.2, 0.25) is 0 Å². The zero-order chi connectivity index (χ0) is 13.7. The highest BCUT2D eigenvalue weighted by molar-refractivity contribution is 5.85. The van der Waals surface area contributed by atoms with Gasteiger partial charge in [0.1, 0.15) is 0 Å². The Bertz CT molecular complexity index is 440. The van der Waals surface area contributed by atoms with Gasteiger partial charge in [0, 0.05) is 12.5 Å². The fourth-order valence-corrected chi connectivity index (χ4v) is 2.82. The molecule has 0 aromatic heterocycles. The van der Waals surface area contributed by atoms with Crippen molar-refractivity contribution in [1.82, 2.24) is 5.32 Å². The van der Waals surface area contributed by atoms with Crippen LogP contribution >= 0.6 is 12.4 Å². The van der Waals surface area contributed by atoms with E-state index in [4.69, 9.17) is 10.8 Å². The summed E-state index contributed by atoms with van der Waals surface area (Å²) in [6.45, 7) is 1.14. The summed E-state index contributed by atoms with van der Waals surface area (Å²) in [5.74, 6) is 0.525. The average molecular weight is 299 g/mol. The number of aliphatic hydroxyl groups is 1. The van der Waals surface area contributed by atoms with Crippen molar-refractivity contribution in [1.29, 1.82) is 0 Å². The monoisotopic (exact) mass is 298 g/mol. The number of aliphatic hydroxyl groups excluding tert-OH is 1. The van der Waals surface area contributed by atoms with Crippen LogP contribution in [0.1, 0.15) is 30.4 Å². The Hall–Kier alpha value is -1.10. The van der Waals surface area contributed by atoms with Crippen molar-refractivity contribution in [3.63, 3.8) is 0 Å². The third-order valence-electron chi connectivity index (χ3n) is 3.94. The van der Waals surface area contributed by atoms with Crippen LogP contribution in [0.25, 0.3) is 0 Å². The van der Waals surface area contributed by atoms with Gasteiger partial charge in [-0.05, 0) is 36.4 Å². The first kappa shape index (κ1) is 17.0. The SMILES string of the molecule is Cl.NC[C@H]1CCC[C@H]1C(=O)NCc1cccc(CO)c1. The van der Waals surface area contributed by atoms with Crippen molar-refractivity contribution in [2.24, 2.45) is 17.6 Å². The maximum Gasteiger partial charge on any atom is 0.223 e. The van der Waals surface area contributed by atoms with Crippen molar-refractivity contribution in [2.75, 3.05) is 6.54 Å². The summed E-state index contributed by atoms with van der Waals surface area (Å²) < 4.78 is 0. The number of carbonyl (C=O) groups excluding carboxylic acids is 1. The van der Waals surface area contributed by atoms with Gasteiger partial charge in [-0.2, -0.15) is 0 Å². The predicted molar refractivity (Wildman–Crippen MR) is 81.3 cm³/mol. The van der Waals surface area contributed by atoms with E-state index < -0.39 is 0 Å². The molecule has 5 heteroatoms. The molecule has 1 aliphatic rings. The van der Waals surface area contributed by atoms with E-state index in [1.54, 1.807) is 0 Å². The van der Waals surface area contributed by atoms with Crippen LogP contribution in [0.4, 0.5) is 0 Å². The number of benzene rings is 1. The lowest BCUT2D eigenvalue weighted by atomic mass is 9.95. The minimum absolute atomic E-state index is 0. The molecule has 0 bridgehead atoms. The summed E-state index contributed by atoms with van der Waals surface area (Å²) in [4.78, 5) is 12.1. The van der Waals surface area contributed by atoms with Gasteiger partial charge in [-0.3, -0.25) is 4.79 Å². The van der Waals surface area contributed by atoms with Gasteiger partial charge in [0.25, 0.3) is 0 Å². The van der Waals surface area contributed by atoms with E-state index in [1.165, 1.54) is 0 Å². The van der Waals surface area contributed by atoms with Crippen LogP contribution in [0.3, 0.4) is 0 Å². The maximum atomic E-state index is 12.1. The second-order valence-electron chi connectivity index (χ2n) is 5.23. The highest BCUT2D eigenvalue weighted by Gasteiger charge is 2.31. The minimum atomic E-state index is 0. The van der Waals surface area contributed by atoms with Crippen molar-refractivity contribution in [3.05, 3.63) is 35.4 Å². The molecular formula is C15H23ClN2O2. The summed E-state index contributed by atoms with van der Waals surface area (Å²) in [6.07, 6.45) is 3.11. The standard InChI is InChI=1S/C15H22N2O2.ClH/c16-8-13-5-2-6-14(13)15(19)17-9-11-3-1-4-12(7-11)10-18;/h1,3-4,7,13-14,18H,2,5-6,8-10,16H2,(H,17,19);1H/t13-,14-;/m1./s1. The summed E-state index contributed by atoms with van der Waals surface area (Å²) in [5, 5.41) is 12.1. The highest BCUT2D eigenvalue weighted by Crippen LogP contribution is 2.30. The molecule has 0 spiro atoms. The zero-order valence-electron chi connectivity index (χ0n) is 11.5. The topological polar surface area (TPSA) is 75.4 Å². The van der Waals surface area contributed by atoms with Crippen LogP contribution in [0.15, 0.2) is 24.3 Å². The van der Waals surface area contributed by atoms with Gasteiger partial charge < -0.3 is 16.2 Å². The molecule has 0 aliphatic heterocycles. The molecule has 1 fully saturated rings. The van der Waals surface area contributed by atoms with E-state index in [0.717, 1.165) is 30.4 Å². The fraction of sp³-hybridized carbons (Fsp3) is 0.533. The number of carbonyl (C=O) groups is 1. The molecule has 1 saturated carbocycles. The van der Waals surface area contributed by atoms with Crippen molar-refractivity contribution in [3.8, 4) is 0 Å². The molecule has 1 aromatic rings. The number of nitrogens with one attached hydrogen (secondary N) is 1. The minimum Gasteiger partial charge on any atom is -0.392 e. The van der Waals surface area contributed by atoms with Gasteiger partial charge in [0.2, 0.25) is 5.91 Å². The Morgan fingerprint density at radius 2 is 2.10 bits per heavy atom. The van der Waals surface area contributed by atoms with E-state index in [1.807, 2.05) is 24.3 Å². The van der Waals surface area contributed by atoms with Crippen LogP contribution in [0, 0.1) is 11.8 Å². The first-order chi connectivity index (χ1) is 9.24. The summed E-state index contributed by atoms with van der Waals surface area (Å²) in [6, 6.07) is 7.63. The third kappa shape index (κ3) is 4.20. The van der Waals surface area contributed by atoms with Gasteiger partial charge >= 0.3 is 0 Å². The second kappa shape index (κ2) is 8.25. The van der Waals surface area contributed by atoms with Crippen LogP contribution < -0.4 is 11.1 Å². The largest absolute Gasteiger partial charge is 0.392 e. The molecule has 4 N–H and O–H groups in total.